The molecule has 0 atom stereocenters. The number of phenols is 1. The number of nitrogens with one attached hydrogen (secondary N) is 2. The number of phenolic OH excluding ortho intramolecular Hbond substituents is 1. The molecular formula is C31H23N5O6. The molecule has 42 heavy (non-hydrogen) atoms. The first-order valence-corrected chi connectivity index (χ1v) is 12.6. The van der Waals surface area contributed by atoms with E-state index in [1.165, 1.54) is 43.5 Å². The number of non-ortho nitro benzene ring substituents is 1. The Morgan fingerprint density at radius 2 is 1.52 bits per heavy atom. The van der Waals surface area contributed by atoms with Crippen molar-refractivity contribution < 1.29 is 24.4 Å². The summed E-state index contributed by atoms with van der Waals surface area (Å²) >= 11 is 0. The maximum atomic E-state index is 13.2. The lowest BCUT2D eigenvalue weighted by Gasteiger charge is -2.12. The van der Waals surface area contributed by atoms with Gasteiger partial charge in [-0.05, 0) is 47.9 Å². The summed E-state index contributed by atoms with van der Waals surface area (Å²) in [5.74, 6) is -1.18. The second-order valence-corrected chi connectivity index (χ2v) is 9.01. The van der Waals surface area contributed by atoms with Crippen molar-refractivity contribution in [3.63, 3.8) is 0 Å². The van der Waals surface area contributed by atoms with E-state index in [2.05, 4.69) is 20.9 Å². The molecule has 0 radical (unpaired) electrons. The maximum Gasteiger partial charge on any atom is 0.271 e. The lowest BCUT2D eigenvalue weighted by molar-refractivity contribution is -0.384. The molecule has 5 rings (SSSR count). The van der Waals surface area contributed by atoms with E-state index in [4.69, 9.17) is 4.74 Å². The normalized spacial score (nSPS) is 10.9. The fourth-order valence-corrected chi connectivity index (χ4v) is 4.23. The number of methoxy groups -OCH3 is 1. The van der Waals surface area contributed by atoms with Crippen molar-refractivity contribution >= 4 is 51.0 Å². The first-order valence-electron chi connectivity index (χ1n) is 12.6. The fourth-order valence-electron chi connectivity index (χ4n) is 4.23. The number of carbonyl (C=O) groups is 2. The number of nitrogens with zero attached hydrogens (tertiary/aromatic N) is 3. The highest BCUT2D eigenvalue weighted by Gasteiger charge is 2.20. The molecule has 5 aromatic carbocycles. The molecule has 0 aliphatic rings. The van der Waals surface area contributed by atoms with Crippen LogP contribution in [-0.4, -0.2) is 29.0 Å². The molecule has 0 fully saturated rings. The summed E-state index contributed by atoms with van der Waals surface area (Å²) in [5.41, 5.74) is 1.02. The average molecular weight is 562 g/mol. The smallest absolute Gasteiger partial charge is 0.271 e. The number of ether oxygens (including phenoxy) is 1. The summed E-state index contributed by atoms with van der Waals surface area (Å²) < 4.78 is 5.40. The fraction of sp³-hybridized carbons (Fsp3) is 0.0323. The number of azo groups is 1. The molecule has 11 heteroatoms. The quantitative estimate of drug-likeness (QED) is 0.102. The molecule has 208 valence electrons. The molecule has 0 unspecified atom stereocenters. The van der Waals surface area contributed by atoms with Crippen LogP contribution in [0.3, 0.4) is 0 Å². The van der Waals surface area contributed by atoms with E-state index in [0.717, 1.165) is 0 Å². The summed E-state index contributed by atoms with van der Waals surface area (Å²) in [5, 5.41) is 37.3. The van der Waals surface area contributed by atoms with E-state index >= 15 is 0 Å². The Morgan fingerprint density at radius 1 is 0.810 bits per heavy atom. The third-order valence-electron chi connectivity index (χ3n) is 6.29. The van der Waals surface area contributed by atoms with Crippen LogP contribution >= 0.6 is 0 Å². The van der Waals surface area contributed by atoms with Crippen molar-refractivity contribution in [3.8, 4) is 11.5 Å². The van der Waals surface area contributed by atoms with Gasteiger partial charge in [0.1, 0.15) is 17.1 Å². The summed E-state index contributed by atoms with van der Waals surface area (Å²) in [7, 11) is 1.45. The van der Waals surface area contributed by atoms with Crippen LogP contribution in [0.1, 0.15) is 20.7 Å². The first-order chi connectivity index (χ1) is 20.3. The number of para-hydroxylation sites is 1. The molecule has 3 N–H and O–H groups in total. The van der Waals surface area contributed by atoms with E-state index in [1.807, 2.05) is 6.07 Å². The molecule has 0 aromatic heterocycles. The average Bonchev–Trinajstić information content (AvgIpc) is 3.00. The number of carbonyl (C=O) groups excluding carboxylic acids is 2. The van der Waals surface area contributed by atoms with Gasteiger partial charge in [0.05, 0.1) is 17.6 Å². The number of anilines is 2. The van der Waals surface area contributed by atoms with Crippen molar-refractivity contribution in [1.29, 1.82) is 0 Å². The van der Waals surface area contributed by atoms with Gasteiger partial charge < -0.3 is 20.5 Å². The second kappa shape index (κ2) is 12.0. The first kappa shape index (κ1) is 27.5. The molecule has 2 amide bonds. The molecule has 0 saturated carbocycles. The van der Waals surface area contributed by atoms with Gasteiger partial charge in [0, 0.05) is 34.5 Å². The molecule has 0 spiro atoms. The molecule has 0 bridgehead atoms. The summed E-state index contributed by atoms with van der Waals surface area (Å²) in [4.78, 5) is 36.6. The Balaban J connectivity index is 1.51. The number of benzene rings is 5. The highest BCUT2D eigenvalue weighted by molar-refractivity contribution is 6.12. The third kappa shape index (κ3) is 5.89. The van der Waals surface area contributed by atoms with Crippen molar-refractivity contribution in [1.82, 2.24) is 0 Å². The monoisotopic (exact) mass is 561 g/mol. The van der Waals surface area contributed by atoms with Crippen LogP contribution in [-0.2, 0) is 0 Å². The summed E-state index contributed by atoms with van der Waals surface area (Å²) in [6.07, 6.45) is 0. The van der Waals surface area contributed by atoms with Crippen molar-refractivity contribution in [2.45, 2.75) is 0 Å². The van der Waals surface area contributed by atoms with E-state index in [1.54, 1.807) is 60.7 Å². The van der Waals surface area contributed by atoms with Crippen LogP contribution < -0.4 is 15.4 Å². The Hall–Kier alpha value is -6.10. The largest absolute Gasteiger partial charge is 0.505 e. The zero-order valence-corrected chi connectivity index (χ0v) is 22.1. The Bertz CT molecular complexity index is 1860. The van der Waals surface area contributed by atoms with Crippen LogP contribution in [0.5, 0.6) is 11.5 Å². The Labute approximate surface area is 239 Å². The second-order valence-electron chi connectivity index (χ2n) is 9.01. The zero-order chi connectivity index (χ0) is 29.6. The minimum absolute atomic E-state index is 0.0125. The highest BCUT2D eigenvalue weighted by Crippen LogP contribution is 2.40. The lowest BCUT2D eigenvalue weighted by atomic mass is 10.0. The van der Waals surface area contributed by atoms with Gasteiger partial charge in [0.2, 0.25) is 0 Å². The number of aromatic hydroxyl groups is 1. The van der Waals surface area contributed by atoms with Crippen LogP contribution in [0, 0.1) is 10.1 Å². The van der Waals surface area contributed by atoms with Crippen LogP contribution in [0.25, 0.3) is 10.8 Å². The van der Waals surface area contributed by atoms with Crippen molar-refractivity contribution in [3.05, 3.63) is 124 Å². The van der Waals surface area contributed by atoms with Gasteiger partial charge in [0.25, 0.3) is 17.5 Å². The molecule has 0 aliphatic heterocycles. The molecule has 0 aliphatic carbocycles. The number of rotatable bonds is 8. The van der Waals surface area contributed by atoms with Gasteiger partial charge in [-0.25, -0.2) is 0 Å². The molecular weight excluding hydrogens is 538 g/mol. The molecule has 0 heterocycles. The summed E-state index contributed by atoms with van der Waals surface area (Å²) in [6, 6.07) is 27.5. The van der Waals surface area contributed by atoms with Gasteiger partial charge in [-0.1, -0.05) is 48.5 Å². The molecule has 11 nitrogen and oxygen atoms in total. The van der Waals surface area contributed by atoms with Crippen LogP contribution in [0.15, 0.2) is 113 Å². The Morgan fingerprint density at radius 3 is 2.29 bits per heavy atom. The highest BCUT2D eigenvalue weighted by atomic mass is 16.6. The van der Waals surface area contributed by atoms with E-state index in [-0.39, 0.29) is 34.2 Å². The SMILES string of the molecule is COc1ccc(C(=O)Nc2ccccc2)cc1N=Nc1c(O)c(C(=O)Nc2cccc([N+](=O)[O-])c2)cc2ccccc12. The van der Waals surface area contributed by atoms with Crippen molar-refractivity contribution in [2.24, 2.45) is 10.2 Å². The van der Waals surface area contributed by atoms with Gasteiger partial charge in [-0.3, -0.25) is 19.7 Å². The van der Waals surface area contributed by atoms with Gasteiger partial charge in [0.15, 0.2) is 5.75 Å². The Kier molecular flexibility index (Phi) is 7.82. The van der Waals surface area contributed by atoms with Gasteiger partial charge in [-0.2, -0.15) is 0 Å². The minimum atomic E-state index is -0.702. The maximum absolute atomic E-state index is 13.2. The number of nitro groups is 1. The van der Waals surface area contributed by atoms with E-state index in [0.29, 0.717) is 27.8 Å². The van der Waals surface area contributed by atoms with Crippen LogP contribution in [0.2, 0.25) is 0 Å². The number of hydrogen-bond donors (Lipinski definition) is 3. The predicted molar refractivity (Wildman–Crippen MR) is 158 cm³/mol. The van der Waals surface area contributed by atoms with E-state index < -0.39 is 16.6 Å². The molecule has 5 aromatic rings. The number of nitro benzene ring substituents is 1. The topological polar surface area (TPSA) is 156 Å². The lowest BCUT2D eigenvalue weighted by Crippen LogP contribution is -2.12. The number of hydrogen-bond acceptors (Lipinski definition) is 8. The summed E-state index contributed by atoms with van der Waals surface area (Å²) in [6.45, 7) is 0. The number of fused-ring (bicyclic) bond motifs is 1. The predicted octanol–water partition coefficient (Wildman–Crippen LogP) is 7.38. The molecule has 0 saturated heterocycles. The standard InChI is InChI=1S/C31H23N5O6/c1-42-27-15-14-20(30(38)32-21-9-3-2-4-10-21)17-26(27)34-35-28-24-13-6-5-8-19(24)16-25(29(28)37)31(39)33-22-11-7-12-23(18-22)36(40)41/h2-18,37H,1H3,(H,32,38)(H,33,39). The minimum Gasteiger partial charge on any atom is -0.505 e. The third-order valence-corrected chi connectivity index (χ3v) is 6.29. The van der Waals surface area contributed by atoms with Gasteiger partial charge >= 0.3 is 0 Å². The zero-order valence-electron chi connectivity index (χ0n) is 22.1. The van der Waals surface area contributed by atoms with Crippen molar-refractivity contribution in [2.75, 3.05) is 17.7 Å². The number of amides is 2. The van der Waals surface area contributed by atoms with Gasteiger partial charge in [-0.15, -0.1) is 10.2 Å². The van der Waals surface area contributed by atoms with Crippen LogP contribution in [0.4, 0.5) is 28.4 Å². The van der Waals surface area contributed by atoms with E-state index in [9.17, 15) is 24.8 Å².